The van der Waals surface area contributed by atoms with Crippen molar-refractivity contribution >= 4 is 5.65 Å². The van der Waals surface area contributed by atoms with Crippen molar-refractivity contribution in [2.45, 2.75) is 25.2 Å². The predicted molar refractivity (Wildman–Crippen MR) is 49.6 cm³/mol. The number of hydrogen-bond acceptors (Lipinski definition) is 2. The minimum atomic E-state index is 0.346. The van der Waals surface area contributed by atoms with E-state index in [1.165, 1.54) is 18.5 Å². The Labute approximate surface area is 76.4 Å². The van der Waals surface area contributed by atoms with Gasteiger partial charge in [-0.25, -0.2) is 4.98 Å². The van der Waals surface area contributed by atoms with Crippen LogP contribution in [0.25, 0.3) is 5.65 Å². The molecule has 66 valence electrons. The number of imidazole rings is 1. The number of rotatable bonds is 1. The number of hydrogen-bond donors (Lipinski definition) is 0. The molecule has 0 N–H and O–H groups in total. The smallest absolute Gasteiger partial charge is 0.155 e. The number of fused-ring (bicyclic) bond motifs is 1. The summed E-state index contributed by atoms with van der Waals surface area (Å²) in [6.45, 7) is 2.26. The van der Waals surface area contributed by atoms with Gasteiger partial charge in [0.05, 0.1) is 11.9 Å². The highest BCUT2D eigenvalue weighted by Gasteiger charge is 2.40. The highest BCUT2D eigenvalue weighted by atomic mass is 15.0. The van der Waals surface area contributed by atoms with Gasteiger partial charge in [-0.1, -0.05) is 6.92 Å². The topological polar surface area (TPSA) is 30.2 Å². The predicted octanol–water partition coefficient (Wildman–Crippen LogP) is 1.78. The molecule has 1 saturated carbocycles. The molecule has 3 rings (SSSR count). The Morgan fingerprint density at radius 3 is 3.00 bits per heavy atom. The highest BCUT2D eigenvalue weighted by molar-refractivity contribution is 5.37. The first-order valence-electron chi connectivity index (χ1n) is 4.57. The number of nitrogens with zero attached hydrogens (tertiary/aromatic N) is 3. The van der Waals surface area contributed by atoms with Gasteiger partial charge in [0.15, 0.2) is 5.65 Å². The van der Waals surface area contributed by atoms with Crippen molar-refractivity contribution in [2.75, 3.05) is 0 Å². The van der Waals surface area contributed by atoms with Gasteiger partial charge in [-0.15, -0.1) is 0 Å². The van der Waals surface area contributed by atoms with Crippen LogP contribution >= 0.6 is 0 Å². The van der Waals surface area contributed by atoms with E-state index in [-0.39, 0.29) is 0 Å². The minimum Gasteiger partial charge on any atom is -0.304 e. The van der Waals surface area contributed by atoms with Crippen LogP contribution in [-0.4, -0.2) is 14.4 Å². The lowest BCUT2D eigenvalue weighted by atomic mass is 10.1. The fourth-order valence-corrected chi connectivity index (χ4v) is 1.58. The molecule has 1 aliphatic carbocycles. The van der Waals surface area contributed by atoms with Crippen LogP contribution in [-0.2, 0) is 5.41 Å². The zero-order valence-electron chi connectivity index (χ0n) is 7.57. The third-order valence-electron chi connectivity index (χ3n) is 2.90. The summed E-state index contributed by atoms with van der Waals surface area (Å²) in [5, 5.41) is 0. The Morgan fingerprint density at radius 2 is 2.23 bits per heavy atom. The molecule has 0 radical (unpaired) electrons. The Bertz CT molecular complexity index is 454. The van der Waals surface area contributed by atoms with E-state index >= 15 is 0 Å². The maximum absolute atomic E-state index is 4.43. The Kier molecular flexibility index (Phi) is 1.14. The molecule has 1 fully saturated rings. The lowest BCUT2D eigenvalue weighted by Gasteiger charge is -2.06. The molecule has 2 aromatic rings. The van der Waals surface area contributed by atoms with Crippen LogP contribution in [0.3, 0.4) is 0 Å². The zero-order valence-corrected chi connectivity index (χ0v) is 7.57. The van der Waals surface area contributed by atoms with E-state index in [1.54, 1.807) is 6.20 Å². The molecule has 3 heteroatoms. The summed E-state index contributed by atoms with van der Waals surface area (Å²) in [5.74, 6) is 0. The molecule has 1 aliphatic rings. The third-order valence-corrected chi connectivity index (χ3v) is 2.90. The van der Waals surface area contributed by atoms with Gasteiger partial charge in [-0.05, 0) is 12.8 Å². The quantitative estimate of drug-likeness (QED) is 0.658. The summed E-state index contributed by atoms with van der Waals surface area (Å²) in [6, 6.07) is 0. The van der Waals surface area contributed by atoms with Crippen molar-refractivity contribution in [3.8, 4) is 0 Å². The van der Waals surface area contributed by atoms with Crippen LogP contribution < -0.4 is 0 Å². The molecule has 0 saturated heterocycles. The molecule has 3 nitrogen and oxygen atoms in total. The fraction of sp³-hybridized carbons (Fsp3) is 0.400. The van der Waals surface area contributed by atoms with Crippen molar-refractivity contribution in [1.82, 2.24) is 14.4 Å². The van der Waals surface area contributed by atoms with E-state index < -0.39 is 0 Å². The maximum atomic E-state index is 4.43. The summed E-state index contributed by atoms with van der Waals surface area (Å²) in [5.41, 5.74) is 2.46. The summed E-state index contributed by atoms with van der Waals surface area (Å²) < 4.78 is 2.03. The van der Waals surface area contributed by atoms with Gasteiger partial charge in [-0.2, -0.15) is 0 Å². The second-order valence-electron chi connectivity index (χ2n) is 4.03. The van der Waals surface area contributed by atoms with Crippen LogP contribution in [0.1, 0.15) is 25.5 Å². The first-order valence-corrected chi connectivity index (χ1v) is 4.57. The monoisotopic (exact) mass is 173 g/mol. The van der Waals surface area contributed by atoms with E-state index in [0.717, 1.165) is 5.65 Å². The van der Waals surface area contributed by atoms with Crippen molar-refractivity contribution in [3.63, 3.8) is 0 Å². The van der Waals surface area contributed by atoms with Gasteiger partial charge in [0.1, 0.15) is 0 Å². The molecule has 0 spiro atoms. The Hall–Kier alpha value is -1.38. The van der Waals surface area contributed by atoms with Crippen molar-refractivity contribution < 1.29 is 0 Å². The van der Waals surface area contributed by atoms with E-state index in [2.05, 4.69) is 23.1 Å². The van der Waals surface area contributed by atoms with Crippen molar-refractivity contribution in [1.29, 1.82) is 0 Å². The van der Waals surface area contributed by atoms with E-state index in [1.807, 2.05) is 16.8 Å². The van der Waals surface area contributed by atoms with Crippen LogP contribution in [0.4, 0.5) is 0 Å². The van der Waals surface area contributed by atoms with Crippen molar-refractivity contribution in [2.24, 2.45) is 0 Å². The van der Waals surface area contributed by atoms with Gasteiger partial charge >= 0.3 is 0 Å². The van der Waals surface area contributed by atoms with Crippen LogP contribution in [0.15, 0.2) is 24.8 Å². The molecular weight excluding hydrogens is 162 g/mol. The highest BCUT2D eigenvalue weighted by Crippen LogP contribution is 2.46. The van der Waals surface area contributed by atoms with E-state index in [0.29, 0.717) is 5.41 Å². The second-order valence-corrected chi connectivity index (χ2v) is 4.03. The average Bonchev–Trinajstić information content (AvgIpc) is 2.74. The molecule has 0 amide bonds. The van der Waals surface area contributed by atoms with Crippen LogP contribution in [0, 0.1) is 0 Å². The van der Waals surface area contributed by atoms with E-state index in [9.17, 15) is 0 Å². The fourth-order valence-electron chi connectivity index (χ4n) is 1.58. The molecule has 0 aromatic carbocycles. The lowest BCUT2D eigenvalue weighted by Crippen LogP contribution is -2.04. The normalized spacial score (nSPS) is 19.2. The average molecular weight is 173 g/mol. The molecule has 0 unspecified atom stereocenters. The third kappa shape index (κ3) is 0.963. The SMILES string of the molecule is CC1(c2cn3ccnc3cn2)CC1. The minimum absolute atomic E-state index is 0.346. The van der Waals surface area contributed by atoms with Gasteiger partial charge < -0.3 is 4.40 Å². The summed E-state index contributed by atoms with van der Waals surface area (Å²) in [7, 11) is 0. The van der Waals surface area contributed by atoms with Gasteiger partial charge in [0, 0.05) is 24.0 Å². The molecule has 13 heavy (non-hydrogen) atoms. The maximum Gasteiger partial charge on any atom is 0.155 e. The van der Waals surface area contributed by atoms with Crippen LogP contribution in [0.2, 0.25) is 0 Å². The summed E-state index contributed by atoms with van der Waals surface area (Å²) >= 11 is 0. The van der Waals surface area contributed by atoms with Gasteiger partial charge in [0.2, 0.25) is 0 Å². The second kappa shape index (κ2) is 2.10. The molecular formula is C10H11N3. The van der Waals surface area contributed by atoms with Gasteiger partial charge in [0.25, 0.3) is 0 Å². The largest absolute Gasteiger partial charge is 0.304 e. The van der Waals surface area contributed by atoms with E-state index in [4.69, 9.17) is 0 Å². The summed E-state index contributed by atoms with van der Waals surface area (Å²) in [4.78, 5) is 8.59. The molecule has 2 heterocycles. The van der Waals surface area contributed by atoms with Crippen LogP contribution in [0.5, 0.6) is 0 Å². The lowest BCUT2D eigenvalue weighted by molar-refractivity contribution is 0.739. The Balaban J connectivity index is 2.20. The van der Waals surface area contributed by atoms with Gasteiger partial charge in [-0.3, -0.25) is 4.98 Å². The first kappa shape index (κ1) is 7.06. The summed E-state index contributed by atoms with van der Waals surface area (Å²) in [6.07, 6.45) is 10.2. The standard InChI is InChI=1S/C10H11N3/c1-10(2-3-10)8-7-13-5-4-11-9(13)6-12-8/h4-7H,2-3H2,1H3. The molecule has 0 atom stereocenters. The number of aromatic nitrogens is 3. The first-order chi connectivity index (χ1) is 6.28. The molecule has 0 aliphatic heterocycles. The zero-order chi connectivity index (χ0) is 8.89. The Morgan fingerprint density at radius 1 is 1.38 bits per heavy atom. The van der Waals surface area contributed by atoms with Crippen molar-refractivity contribution in [3.05, 3.63) is 30.5 Å². The molecule has 2 aromatic heterocycles. The molecule has 0 bridgehead atoms.